The maximum atomic E-state index is 10.9. The van der Waals surface area contributed by atoms with Gasteiger partial charge in [0.05, 0.1) is 20.3 Å². The van der Waals surface area contributed by atoms with Gasteiger partial charge in [-0.2, -0.15) is 0 Å². The van der Waals surface area contributed by atoms with Crippen LogP contribution in [0.5, 0.6) is 5.75 Å². The van der Waals surface area contributed by atoms with Crippen LogP contribution in [-0.4, -0.2) is 30.3 Å². The van der Waals surface area contributed by atoms with Crippen molar-refractivity contribution in [1.29, 1.82) is 0 Å². The third-order valence-corrected chi connectivity index (χ3v) is 1.92. The second kappa shape index (κ2) is 6.72. The Bertz CT molecular complexity index is 351. The third-order valence-electron chi connectivity index (χ3n) is 1.92. The second-order valence-electron chi connectivity index (χ2n) is 3.13. The number of methoxy groups -OCH3 is 1. The first kappa shape index (κ1) is 13.3. The van der Waals surface area contributed by atoms with E-state index in [1.807, 2.05) is 0 Å². The van der Waals surface area contributed by atoms with Gasteiger partial charge in [-0.05, 0) is 29.8 Å². The highest BCUT2D eigenvalue weighted by Gasteiger charge is 2.10. The van der Waals surface area contributed by atoms with Crippen molar-refractivity contribution < 1.29 is 24.3 Å². The van der Waals surface area contributed by atoms with E-state index in [-0.39, 0.29) is 13.2 Å². The van der Waals surface area contributed by atoms with E-state index in [0.29, 0.717) is 11.0 Å². The molecule has 0 unspecified atom stereocenters. The van der Waals surface area contributed by atoms with Crippen molar-refractivity contribution in [3.05, 3.63) is 29.8 Å². The highest BCUT2D eigenvalue weighted by Crippen LogP contribution is 2.12. The van der Waals surface area contributed by atoms with Gasteiger partial charge in [0.1, 0.15) is 5.75 Å². The molecule has 6 nitrogen and oxygen atoms in total. The number of carbonyl (C=O) groups is 1. The topological polar surface area (TPSA) is 68.2 Å². The van der Waals surface area contributed by atoms with Crippen molar-refractivity contribution in [2.75, 3.05) is 13.7 Å². The molecular weight excluding hydrogens is 226 g/mol. The zero-order valence-corrected chi connectivity index (χ0v) is 9.75. The number of ether oxygens (including phenoxy) is 2. The van der Waals surface area contributed by atoms with Crippen LogP contribution in [0.15, 0.2) is 24.3 Å². The molecule has 0 radical (unpaired) electrons. The average Bonchev–Trinajstić information content (AvgIpc) is 2.30. The van der Waals surface area contributed by atoms with E-state index in [9.17, 15) is 10.0 Å². The zero-order chi connectivity index (χ0) is 12.7. The number of hydroxylamine groups is 2. The van der Waals surface area contributed by atoms with E-state index in [4.69, 9.17) is 4.74 Å². The Kier molecular flexibility index (Phi) is 5.25. The Hall–Kier alpha value is -1.79. The van der Waals surface area contributed by atoms with Gasteiger partial charge < -0.3 is 14.3 Å². The van der Waals surface area contributed by atoms with Crippen molar-refractivity contribution >= 4 is 6.16 Å². The summed E-state index contributed by atoms with van der Waals surface area (Å²) in [5.41, 5.74) is 0.762. The van der Waals surface area contributed by atoms with E-state index < -0.39 is 6.16 Å². The minimum atomic E-state index is -0.941. The Labute approximate surface area is 99.2 Å². The fourth-order valence-electron chi connectivity index (χ4n) is 1.15. The molecule has 0 aliphatic rings. The second-order valence-corrected chi connectivity index (χ2v) is 3.13. The smallest absolute Gasteiger partial charge is 0.497 e. The van der Waals surface area contributed by atoms with Crippen LogP contribution in [0.2, 0.25) is 0 Å². The first-order valence-electron chi connectivity index (χ1n) is 5.09. The largest absolute Gasteiger partial charge is 0.529 e. The van der Waals surface area contributed by atoms with Gasteiger partial charge in [0.2, 0.25) is 0 Å². The minimum absolute atomic E-state index is 0.0445. The Morgan fingerprint density at radius 1 is 1.35 bits per heavy atom. The first-order valence-corrected chi connectivity index (χ1v) is 5.09. The van der Waals surface area contributed by atoms with Gasteiger partial charge in [-0.25, -0.2) is 4.79 Å². The SMILES string of the molecule is CCOC(=O)ON(O)Cc1ccc(OC)cc1. The van der Waals surface area contributed by atoms with Gasteiger partial charge >= 0.3 is 6.16 Å². The number of hydrogen-bond donors (Lipinski definition) is 1. The number of hydrogen-bond acceptors (Lipinski definition) is 6. The summed E-state index contributed by atoms with van der Waals surface area (Å²) in [5.74, 6) is 0.713. The standard InChI is InChI=1S/C11H15NO5/c1-3-16-11(13)17-12(14)8-9-4-6-10(15-2)7-5-9/h4-7,14H,3,8H2,1-2H3. The van der Waals surface area contributed by atoms with Crippen LogP contribution in [0, 0.1) is 0 Å². The molecule has 0 aliphatic carbocycles. The first-order chi connectivity index (χ1) is 8.15. The summed E-state index contributed by atoms with van der Waals surface area (Å²) in [5, 5.41) is 9.72. The lowest BCUT2D eigenvalue weighted by atomic mass is 10.2. The van der Waals surface area contributed by atoms with Crippen molar-refractivity contribution in [2.24, 2.45) is 0 Å². The van der Waals surface area contributed by atoms with Gasteiger partial charge in [-0.1, -0.05) is 12.1 Å². The monoisotopic (exact) mass is 241 g/mol. The van der Waals surface area contributed by atoms with Crippen LogP contribution in [0.4, 0.5) is 4.79 Å². The Balaban J connectivity index is 2.44. The predicted octanol–water partition coefficient (Wildman–Crippen LogP) is 1.97. The summed E-state index contributed by atoms with van der Waals surface area (Å²) >= 11 is 0. The lowest BCUT2D eigenvalue weighted by molar-refractivity contribution is -0.317. The molecule has 0 bridgehead atoms. The highest BCUT2D eigenvalue weighted by atomic mass is 16.9. The highest BCUT2D eigenvalue weighted by molar-refractivity contribution is 5.59. The summed E-state index contributed by atoms with van der Waals surface area (Å²) in [6.45, 7) is 1.88. The van der Waals surface area contributed by atoms with Crippen LogP contribution in [0.25, 0.3) is 0 Å². The molecular formula is C11H15NO5. The van der Waals surface area contributed by atoms with Gasteiger partial charge in [0, 0.05) is 0 Å². The molecule has 1 aromatic carbocycles. The molecule has 6 heteroatoms. The average molecular weight is 241 g/mol. The molecule has 0 saturated carbocycles. The van der Waals surface area contributed by atoms with Gasteiger partial charge in [0.15, 0.2) is 0 Å². The zero-order valence-electron chi connectivity index (χ0n) is 9.75. The van der Waals surface area contributed by atoms with Crippen LogP contribution < -0.4 is 4.74 Å². The van der Waals surface area contributed by atoms with E-state index in [1.54, 1.807) is 38.3 Å². The van der Waals surface area contributed by atoms with Crippen LogP contribution in [-0.2, 0) is 16.1 Å². The van der Waals surface area contributed by atoms with Crippen molar-refractivity contribution in [3.8, 4) is 5.75 Å². The number of rotatable bonds is 5. The maximum absolute atomic E-state index is 10.9. The summed E-state index contributed by atoms with van der Waals surface area (Å²) in [7, 11) is 1.57. The summed E-state index contributed by atoms with van der Waals surface area (Å²) in [4.78, 5) is 15.3. The molecule has 17 heavy (non-hydrogen) atoms. The van der Waals surface area contributed by atoms with Gasteiger partial charge in [-0.15, -0.1) is 0 Å². The lowest BCUT2D eigenvalue weighted by Crippen LogP contribution is -2.24. The molecule has 0 amide bonds. The molecule has 1 N–H and O–H groups in total. The van der Waals surface area contributed by atoms with Crippen LogP contribution in [0.3, 0.4) is 0 Å². The van der Waals surface area contributed by atoms with Gasteiger partial charge in [0.25, 0.3) is 0 Å². The fraction of sp³-hybridized carbons (Fsp3) is 0.364. The molecule has 1 aromatic rings. The summed E-state index contributed by atoms with van der Waals surface area (Å²) < 4.78 is 9.49. The lowest BCUT2D eigenvalue weighted by Gasteiger charge is -2.13. The predicted molar refractivity (Wildman–Crippen MR) is 58.4 cm³/mol. The van der Waals surface area contributed by atoms with E-state index in [0.717, 1.165) is 5.56 Å². The Morgan fingerprint density at radius 2 is 2.00 bits per heavy atom. The van der Waals surface area contributed by atoms with Gasteiger partial charge in [-0.3, -0.25) is 5.21 Å². The molecule has 0 heterocycles. The maximum Gasteiger partial charge on any atom is 0.529 e. The van der Waals surface area contributed by atoms with E-state index in [2.05, 4.69) is 9.57 Å². The quantitative estimate of drug-likeness (QED) is 0.628. The van der Waals surface area contributed by atoms with Crippen molar-refractivity contribution in [1.82, 2.24) is 5.23 Å². The Morgan fingerprint density at radius 3 is 2.53 bits per heavy atom. The molecule has 0 aromatic heterocycles. The summed E-state index contributed by atoms with van der Waals surface area (Å²) in [6.07, 6.45) is -0.941. The molecule has 0 fully saturated rings. The van der Waals surface area contributed by atoms with Crippen molar-refractivity contribution in [2.45, 2.75) is 13.5 Å². The number of nitrogens with zero attached hydrogens (tertiary/aromatic N) is 1. The minimum Gasteiger partial charge on any atom is -0.497 e. The van der Waals surface area contributed by atoms with Crippen molar-refractivity contribution in [3.63, 3.8) is 0 Å². The van der Waals surface area contributed by atoms with Crippen LogP contribution in [0.1, 0.15) is 12.5 Å². The normalized spacial score (nSPS) is 10.1. The molecule has 0 spiro atoms. The third kappa shape index (κ3) is 4.71. The molecule has 94 valence electrons. The molecule has 0 saturated heterocycles. The number of benzene rings is 1. The van der Waals surface area contributed by atoms with E-state index >= 15 is 0 Å². The fourth-order valence-corrected chi connectivity index (χ4v) is 1.15. The van der Waals surface area contributed by atoms with E-state index in [1.165, 1.54) is 0 Å². The summed E-state index contributed by atoms with van der Waals surface area (Å²) in [6, 6.07) is 6.98. The molecule has 0 aliphatic heterocycles. The molecule has 0 atom stereocenters. The number of carbonyl (C=O) groups excluding carboxylic acids is 1. The van der Waals surface area contributed by atoms with Crippen LogP contribution >= 0.6 is 0 Å². The molecule has 1 rings (SSSR count).